The third-order valence-electron chi connectivity index (χ3n) is 3.23. The molecule has 0 N–H and O–H groups in total. The summed E-state index contributed by atoms with van der Waals surface area (Å²) in [5.74, 6) is -0.303. The molecule has 0 radical (unpaired) electrons. The highest BCUT2D eigenvalue weighted by molar-refractivity contribution is 6.03. The van der Waals surface area contributed by atoms with Crippen LogP contribution in [0.25, 0.3) is 10.9 Å². The number of unbranched alkanes of at least 4 members (excludes halogenated alkanes) is 1. The van der Waals surface area contributed by atoms with Crippen LogP contribution in [0.1, 0.15) is 41.4 Å². The highest BCUT2D eigenvalue weighted by Crippen LogP contribution is 2.21. The molecular weight excluding hydrogens is 238 g/mol. The maximum Gasteiger partial charge on any atom is 0.338 e. The Labute approximate surface area is 113 Å². The second-order valence-electron chi connectivity index (χ2n) is 4.76. The van der Waals surface area contributed by atoms with Crippen LogP contribution in [0, 0.1) is 6.92 Å². The number of aryl methyl sites for hydroxylation is 2. The average molecular weight is 257 g/mol. The Hall–Kier alpha value is -1.90. The zero-order chi connectivity index (χ0) is 13.8. The number of fused-ring (bicyclic) bond motifs is 1. The van der Waals surface area contributed by atoms with Gasteiger partial charge in [0, 0.05) is 11.1 Å². The van der Waals surface area contributed by atoms with Gasteiger partial charge in [0.25, 0.3) is 0 Å². The van der Waals surface area contributed by atoms with Crippen molar-refractivity contribution < 1.29 is 9.53 Å². The minimum absolute atomic E-state index is 0.303. The first-order chi connectivity index (χ1) is 9.15. The molecule has 0 aliphatic heterocycles. The number of ether oxygens (including phenoxy) is 1. The van der Waals surface area contributed by atoms with Crippen LogP contribution >= 0.6 is 0 Å². The van der Waals surface area contributed by atoms with E-state index in [0.29, 0.717) is 5.56 Å². The van der Waals surface area contributed by atoms with E-state index in [0.717, 1.165) is 35.9 Å². The van der Waals surface area contributed by atoms with Crippen molar-refractivity contribution in [3.63, 3.8) is 0 Å². The molecule has 3 nitrogen and oxygen atoms in total. The Morgan fingerprint density at radius 3 is 2.79 bits per heavy atom. The van der Waals surface area contributed by atoms with Crippen LogP contribution in [0.4, 0.5) is 0 Å². The predicted molar refractivity (Wildman–Crippen MR) is 76.4 cm³/mol. The zero-order valence-corrected chi connectivity index (χ0v) is 11.7. The smallest absolute Gasteiger partial charge is 0.338 e. The van der Waals surface area contributed by atoms with Gasteiger partial charge in [0.1, 0.15) is 0 Å². The predicted octanol–water partition coefficient (Wildman–Crippen LogP) is 3.67. The fraction of sp³-hybridized carbons (Fsp3) is 0.375. The first-order valence-corrected chi connectivity index (χ1v) is 6.64. The quantitative estimate of drug-likeness (QED) is 0.784. The second kappa shape index (κ2) is 5.83. The van der Waals surface area contributed by atoms with Gasteiger partial charge in [-0.2, -0.15) is 0 Å². The molecule has 1 aromatic carbocycles. The van der Waals surface area contributed by atoms with Gasteiger partial charge in [-0.25, -0.2) is 4.79 Å². The molecule has 0 amide bonds. The van der Waals surface area contributed by atoms with E-state index in [2.05, 4.69) is 24.0 Å². The van der Waals surface area contributed by atoms with E-state index in [9.17, 15) is 4.79 Å². The molecule has 19 heavy (non-hydrogen) atoms. The Morgan fingerprint density at radius 1 is 1.32 bits per heavy atom. The largest absolute Gasteiger partial charge is 0.465 e. The lowest BCUT2D eigenvalue weighted by atomic mass is 10.0. The number of benzene rings is 1. The summed E-state index contributed by atoms with van der Waals surface area (Å²) in [6.07, 6.45) is 3.34. The Morgan fingerprint density at radius 2 is 2.11 bits per heavy atom. The van der Waals surface area contributed by atoms with E-state index in [1.807, 2.05) is 13.0 Å². The van der Waals surface area contributed by atoms with Gasteiger partial charge in [0.05, 0.1) is 18.2 Å². The molecule has 0 saturated heterocycles. The lowest BCUT2D eigenvalue weighted by Crippen LogP contribution is -2.04. The Kier molecular flexibility index (Phi) is 4.15. The molecule has 1 aromatic heterocycles. The molecule has 0 saturated carbocycles. The van der Waals surface area contributed by atoms with E-state index in [-0.39, 0.29) is 5.97 Å². The van der Waals surface area contributed by atoms with Gasteiger partial charge < -0.3 is 4.74 Å². The van der Waals surface area contributed by atoms with Crippen molar-refractivity contribution in [3.8, 4) is 0 Å². The molecule has 3 heteroatoms. The van der Waals surface area contributed by atoms with Crippen molar-refractivity contribution in [2.24, 2.45) is 0 Å². The van der Waals surface area contributed by atoms with Gasteiger partial charge >= 0.3 is 5.97 Å². The first-order valence-electron chi connectivity index (χ1n) is 6.64. The summed E-state index contributed by atoms with van der Waals surface area (Å²) in [5, 5.41) is 0.881. The van der Waals surface area contributed by atoms with Crippen LogP contribution in [0.3, 0.4) is 0 Å². The fourth-order valence-corrected chi connectivity index (χ4v) is 2.22. The highest BCUT2D eigenvalue weighted by Gasteiger charge is 2.12. The number of esters is 1. The van der Waals surface area contributed by atoms with E-state index < -0.39 is 0 Å². The highest BCUT2D eigenvalue weighted by atomic mass is 16.5. The van der Waals surface area contributed by atoms with Crippen LogP contribution in [-0.2, 0) is 11.2 Å². The first kappa shape index (κ1) is 13.5. The number of rotatable bonds is 4. The minimum Gasteiger partial charge on any atom is -0.465 e. The summed E-state index contributed by atoms with van der Waals surface area (Å²) in [6.45, 7) is 4.06. The van der Waals surface area contributed by atoms with Crippen LogP contribution in [0.2, 0.25) is 0 Å². The molecule has 0 fully saturated rings. The molecule has 0 atom stereocenters. The maximum absolute atomic E-state index is 11.9. The minimum atomic E-state index is -0.303. The number of hydrogen-bond acceptors (Lipinski definition) is 3. The number of carbonyl (C=O) groups is 1. The third kappa shape index (κ3) is 2.92. The standard InChI is InChI=1S/C16H19NO2/c1-4-5-6-12-7-8-15-13(10-12)14(16(18)19-3)9-11(2)17-15/h7-10H,4-6H2,1-3H3. The maximum atomic E-state index is 11.9. The van der Waals surface area contributed by atoms with E-state index >= 15 is 0 Å². The van der Waals surface area contributed by atoms with Gasteiger partial charge in [-0.05, 0) is 43.5 Å². The summed E-state index contributed by atoms with van der Waals surface area (Å²) in [6, 6.07) is 7.92. The van der Waals surface area contributed by atoms with Crippen molar-refractivity contribution in [3.05, 3.63) is 41.1 Å². The molecular formula is C16H19NO2. The second-order valence-corrected chi connectivity index (χ2v) is 4.76. The van der Waals surface area contributed by atoms with Gasteiger partial charge in [-0.1, -0.05) is 19.4 Å². The van der Waals surface area contributed by atoms with E-state index in [1.54, 1.807) is 6.07 Å². The molecule has 0 spiro atoms. The van der Waals surface area contributed by atoms with Crippen LogP contribution in [0.15, 0.2) is 24.3 Å². The Bertz CT molecular complexity index is 605. The van der Waals surface area contributed by atoms with Gasteiger partial charge in [0.2, 0.25) is 0 Å². The van der Waals surface area contributed by atoms with Crippen molar-refractivity contribution in [2.75, 3.05) is 7.11 Å². The summed E-state index contributed by atoms with van der Waals surface area (Å²) in [4.78, 5) is 16.3. The van der Waals surface area contributed by atoms with Crippen molar-refractivity contribution >= 4 is 16.9 Å². The summed E-state index contributed by atoms with van der Waals surface area (Å²) >= 11 is 0. The number of nitrogens with zero attached hydrogens (tertiary/aromatic N) is 1. The Balaban J connectivity index is 2.55. The van der Waals surface area contributed by atoms with Crippen molar-refractivity contribution in [1.82, 2.24) is 4.98 Å². The molecule has 0 aliphatic carbocycles. The van der Waals surface area contributed by atoms with Crippen molar-refractivity contribution in [1.29, 1.82) is 0 Å². The van der Waals surface area contributed by atoms with Crippen LogP contribution < -0.4 is 0 Å². The van der Waals surface area contributed by atoms with Gasteiger partial charge in [-0.15, -0.1) is 0 Å². The van der Waals surface area contributed by atoms with Gasteiger partial charge in [-0.3, -0.25) is 4.98 Å². The molecule has 0 bridgehead atoms. The molecule has 0 unspecified atom stereocenters. The summed E-state index contributed by atoms with van der Waals surface area (Å²) < 4.78 is 4.85. The molecule has 100 valence electrons. The molecule has 0 aliphatic rings. The monoisotopic (exact) mass is 257 g/mol. The molecule has 2 rings (SSSR count). The number of hydrogen-bond donors (Lipinski definition) is 0. The summed E-state index contributed by atoms with van der Waals surface area (Å²) in [5.41, 5.74) is 3.52. The summed E-state index contributed by atoms with van der Waals surface area (Å²) in [7, 11) is 1.41. The van der Waals surface area contributed by atoms with E-state index in [1.165, 1.54) is 12.7 Å². The average Bonchev–Trinajstić information content (AvgIpc) is 2.43. The normalized spacial score (nSPS) is 10.7. The molecule has 1 heterocycles. The zero-order valence-electron chi connectivity index (χ0n) is 11.7. The van der Waals surface area contributed by atoms with E-state index in [4.69, 9.17) is 4.74 Å². The molecule has 2 aromatic rings. The fourth-order valence-electron chi connectivity index (χ4n) is 2.22. The number of aromatic nitrogens is 1. The third-order valence-corrected chi connectivity index (χ3v) is 3.23. The topological polar surface area (TPSA) is 39.2 Å². The lowest BCUT2D eigenvalue weighted by Gasteiger charge is -2.08. The van der Waals surface area contributed by atoms with Crippen molar-refractivity contribution in [2.45, 2.75) is 33.1 Å². The number of pyridine rings is 1. The number of carbonyl (C=O) groups excluding carboxylic acids is 1. The van der Waals surface area contributed by atoms with Crippen LogP contribution in [-0.4, -0.2) is 18.1 Å². The SMILES string of the molecule is CCCCc1ccc2nc(C)cc(C(=O)OC)c2c1. The van der Waals surface area contributed by atoms with Gasteiger partial charge in [0.15, 0.2) is 0 Å². The lowest BCUT2D eigenvalue weighted by molar-refractivity contribution is 0.0603. The van der Waals surface area contributed by atoms with Crippen LogP contribution in [0.5, 0.6) is 0 Å². The number of methoxy groups -OCH3 is 1.